The van der Waals surface area contributed by atoms with Crippen LogP contribution in [0.1, 0.15) is 140 Å². The van der Waals surface area contributed by atoms with E-state index in [9.17, 15) is 9.59 Å². The zero-order valence-corrected chi connectivity index (χ0v) is 43.6. The Labute approximate surface area is 422 Å². The van der Waals surface area contributed by atoms with Gasteiger partial charge in [-0.05, 0) is 84.4 Å². The molecule has 0 saturated carbocycles. The smallest absolute Gasteiger partial charge is 0.266 e. The van der Waals surface area contributed by atoms with Crippen LogP contribution in [-0.2, 0) is 15.0 Å². The van der Waals surface area contributed by atoms with Gasteiger partial charge in [-0.3, -0.25) is 19.4 Å². The first-order valence-electron chi connectivity index (χ1n) is 24.0. The number of likely N-dealkylation sites (N-methyl/N-ethyl adjacent to an activating group) is 2. The Kier molecular flexibility index (Phi) is 15.2. The fourth-order valence-corrected chi connectivity index (χ4v) is 14.1. The van der Waals surface area contributed by atoms with Gasteiger partial charge in [0.1, 0.15) is 30.7 Å². The van der Waals surface area contributed by atoms with Crippen LogP contribution in [0.4, 0.5) is 0 Å². The maximum absolute atomic E-state index is 13.2. The molecule has 14 heteroatoms. The minimum Gasteiger partial charge on any atom is -0.293 e. The van der Waals surface area contributed by atoms with Gasteiger partial charge in [-0.25, -0.2) is 0 Å². The van der Waals surface area contributed by atoms with E-state index in [1.807, 2.05) is 26.0 Å². The second-order valence-corrected chi connectivity index (χ2v) is 22.2. The van der Waals surface area contributed by atoms with Crippen LogP contribution in [0.25, 0.3) is 67.6 Å². The number of carbonyl (C=O) groups excluding carboxylic acids is 2. The highest BCUT2D eigenvalue weighted by Gasteiger charge is 2.43. The monoisotopic (exact) mass is 1000 g/mol. The summed E-state index contributed by atoms with van der Waals surface area (Å²) < 4.78 is 20.5. The molecular formula is C53H56N6O2S6. The van der Waals surface area contributed by atoms with Crippen LogP contribution in [0.15, 0.2) is 70.5 Å². The number of thioether (sulfide) groups is 2. The number of aromatic nitrogens is 4. The van der Waals surface area contributed by atoms with E-state index in [2.05, 4.69) is 74.5 Å². The zero-order valence-electron chi connectivity index (χ0n) is 38.7. The number of hydrogen-bond acceptors (Lipinski definition) is 12. The third kappa shape index (κ3) is 9.35. The molecular weight excluding hydrogens is 945 g/mol. The molecule has 0 N–H and O–H groups in total. The molecule has 0 atom stereocenters. The summed E-state index contributed by atoms with van der Waals surface area (Å²) in [5.74, 6) is -0.113. The maximum atomic E-state index is 13.2. The third-order valence-electron chi connectivity index (χ3n) is 13.7. The van der Waals surface area contributed by atoms with Crippen molar-refractivity contribution in [1.29, 1.82) is 0 Å². The summed E-state index contributed by atoms with van der Waals surface area (Å²) in [6.07, 6.45) is 20.9. The lowest BCUT2D eigenvalue weighted by atomic mass is 9.70. The minimum atomic E-state index is -0.187. The van der Waals surface area contributed by atoms with E-state index >= 15 is 0 Å². The molecule has 2 amide bonds. The third-order valence-corrected chi connectivity index (χ3v) is 17.6. The Morgan fingerprint density at radius 3 is 1.30 bits per heavy atom. The van der Waals surface area contributed by atoms with E-state index < -0.39 is 0 Å². The summed E-state index contributed by atoms with van der Waals surface area (Å²) in [6.45, 7) is 9.57. The van der Waals surface area contributed by atoms with Gasteiger partial charge in [0.05, 0.1) is 33.3 Å². The Hall–Kier alpha value is -4.18. The van der Waals surface area contributed by atoms with Crippen LogP contribution in [0.2, 0.25) is 0 Å². The predicted octanol–water partition coefficient (Wildman–Crippen LogP) is 15.2. The molecule has 3 aliphatic rings. The van der Waals surface area contributed by atoms with Crippen LogP contribution in [0.3, 0.4) is 0 Å². The summed E-state index contributed by atoms with van der Waals surface area (Å²) in [7, 11) is 0. The quantitative estimate of drug-likeness (QED) is 0.0418. The average molecular weight is 1000 g/mol. The highest BCUT2D eigenvalue weighted by atomic mass is 32.2. The van der Waals surface area contributed by atoms with Gasteiger partial charge in [-0.1, -0.05) is 187 Å². The van der Waals surface area contributed by atoms with Gasteiger partial charge in [-0.2, -0.15) is 17.5 Å². The predicted molar refractivity (Wildman–Crippen MR) is 293 cm³/mol. The lowest BCUT2D eigenvalue weighted by Gasteiger charge is -2.33. The standard InChI is InChI=1S/C53H56N6O2S6/c1-5-9-11-13-15-17-27-53(28-18-16-14-12-10-6-2)41-29-33(37-23-21-35(45-47(37)56-66-54-45)31-43-49(60)58(7-3)51(62)64-43)19-25-39(41)40-26-20-34(30-42(40)53)38-24-22-36(46-48(38)57-67-55-46)32-44-50(61)59(8-4)52(63)65-44/h19-26,29-32H,5-18,27-28H2,1-4H3/b43-31-,44-32?. The lowest BCUT2D eigenvalue weighted by Crippen LogP contribution is -2.27. The van der Waals surface area contributed by atoms with Gasteiger partial charge in [0.25, 0.3) is 11.8 Å². The molecule has 6 aromatic rings. The van der Waals surface area contributed by atoms with E-state index in [0.717, 1.165) is 81.1 Å². The number of hydrogen-bond donors (Lipinski definition) is 0. The fourth-order valence-electron chi connectivity index (χ4n) is 10.2. The summed E-state index contributed by atoms with van der Waals surface area (Å²) in [5.41, 5.74) is 14.6. The fraction of sp³-hybridized carbons (Fsp3) is 0.396. The number of carbonyl (C=O) groups is 2. The number of amides is 2. The molecule has 2 fully saturated rings. The molecule has 67 heavy (non-hydrogen) atoms. The van der Waals surface area contributed by atoms with E-state index in [-0.39, 0.29) is 17.2 Å². The van der Waals surface area contributed by atoms with Crippen molar-refractivity contribution in [2.75, 3.05) is 13.1 Å². The summed E-state index contributed by atoms with van der Waals surface area (Å²) in [6, 6.07) is 22.7. The van der Waals surface area contributed by atoms with E-state index in [1.165, 1.54) is 133 Å². The first-order chi connectivity index (χ1) is 32.7. The molecule has 2 saturated heterocycles. The second kappa shape index (κ2) is 21.2. The Balaban J connectivity index is 1.13. The first-order valence-corrected chi connectivity index (χ1v) is 27.9. The molecule has 9 rings (SSSR count). The summed E-state index contributed by atoms with van der Waals surface area (Å²) in [4.78, 5) is 30.9. The van der Waals surface area contributed by atoms with Crippen LogP contribution >= 0.6 is 71.4 Å². The van der Waals surface area contributed by atoms with Crippen LogP contribution < -0.4 is 0 Å². The van der Waals surface area contributed by atoms with Crippen molar-refractivity contribution in [2.24, 2.45) is 0 Å². The molecule has 0 spiro atoms. The van der Waals surface area contributed by atoms with Gasteiger partial charge in [0, 0.05) is 40.8 Å². The number of nitrogens with zero attached hydrogens (tertiary/aromatic N) is 6. The average Bonchev–Trinajstić information content (AvgIpc) is 4.17. The number of fused-ring (bicyclic) bond motifs is 5. The van der Waals surface area contributed by atoms with Crippen LogP contribution in [-0.4, -0.2) is 60.8 Å². The van der Waals surface area contributed by atoms with Crippen molar-refractivity contribution in [1.82, 2.24) is 27.3 Å². The molecule has 8 nitrogen and oxygen atoms in total. The van der Waals surface area contributed by atoms with E-state index in [0.29, 0.717) is 31.5 Å². The number of rotatable bonds is 20. The molecule has 0 radical (unpaired) electrons. The molecule has 2 aromatic heterocycles. The van der Waals surface area contributed by atoms with Gasteiger partial charge in [-0.15, -0.1) is 0 Å². The van der Waals surface area contributed by atoms with Gasteiger partial charge >= 0.3 is 0 Å². The topological polar surface area (TPSA) is 92.2 Å². The highest BCUT2D eigenvalue weighted by Crippen LogP contribution is 2.56. The van der Waals surface area contributed by atoms with Crippen molar-refractivity contribution < 1.29 is 9.59 Å². The minimum absolute atomic E-state index is 0.0565. The van der Waals surface area contributed by atoms with Crippen LogP contribution in [0.5, 0.6) is 0 Å². The van der Waals surface area contributed by atoms with Gasteiger partial charge in [0.2, 0.25) is 0 Å². The summed E-state index contributed by atoms with van der Waals surface area (Å²) >= 11 is 16.2. The van der Waals surface area contributed by atoms with Crippen molar-refractivity contribution >= 4 is 126 Å². The van der Waals surface area contributed by atoms with Crippen molar-refractivity contribution in [3.05, 3.63) is 92.7 Å². The summed E-state index contributed by atoms with van der Waals surface area (Å²) in [5, 5.41) is 0. The molecule has 0 unspecified atom stereocenters. The molecule has 0 bridgehead atoms. The Morgan fingerprint density at radius 2 is 0.896 bits per heavy atom. The highest BCUT2D eigenvalue weighted by molar-refractivity contribution is 8.27. The van der Waals surface area contributed by atoms with Crippen molar-refractivity contribution in [2.45, 2.75) is 123 Å². The first kappa shape index (κ1) is 47.9. The SMILES string of the molecule is CCCCCCCCC1(CCCCCCCC)c2cc(-c3ccc(C=C4SC(=S)N(CC)C4=O)c4nsnc34)ccc2-c2ccc(-c3ccc(/C=C4\SC(=S)N(CC)C4=O)c4nsnc34)cc21. The Morgan fingerprint density at radius 1 is 0.507 bits per heavy atom. The van der Waals surface area contributed by atoms with Gasteiger partial charge in [0.15, 0.2) is 0 Å². The molecule has 4 aromatic carbocycles. The van der Waals surface area contributed by atoms with Crippen LogP contribution in [0, 0.1) is 0 Å². The second-order valence-electron chi connectivity index (χ2n) is 17.8. The molecule has 1 aliphatic carbocycles. The number of unbranched alkanes of at least 4 members (excludes halogenated alkanes) is 10. The zero-order chi connectivity index (χ0) is 46.7. The van der Waals surface area contributed by atoms with E-state index in [4.69, 9.17) is 41.9 Å². The number of thiocarbonyl (C=S) groups is 2. The normalized spacial score (nSPS) is 16.8. The molecule has 2 aliphatic heterocycles. The van der Waals surface area contributed by atoms with Crippen molar-refractivity contribution in [3.63, 3.8) is 0 Å². The Bertz CT molecular complexity index is 2750. The molecule has 4 heterocycles. The van der Waals surface area contributed by atoms with Gasteiger partial charge < -0.3 is 0 Å². The van der Waals surface area contributed by atoms with Crippen molar-refractivity contribution in [3.8, 4) is 33.4 Å². The maximum Gasteiger partial charge on any atom is 0.266 e. The molecule has 346 valence electrons. The van der Waals surface area contributed by atoms with E-state index in [1.54, 1.807) is 9.80 Å². The largest absolute Gasteiger partial charge is 0.293 e. The number of benzene rings is 4. The lowest BCUT2D eigenvalue weighted by molar-refractivity contribution is -0.122.